The van der Waals surface area contributed by atoms with Crippen LogP contribution in [0.3, 0.4) is 0 Å². The number of aliphatic hydroxyl groups is 1. The van der Waals surface area contributed by atoms with Gasteiger partial charge in [-0.15, -0.1) is 0 Å². The van der Waals surface area contributed by atoms with E-state index in [1.54, 1.807) is 6.92 Å². The number of alkyl halides is 3. The van der Waals surface area contributed by atoms with E-state index in [2.05, 4.69) is 0 Å². The summed E-state index contributed by atoms with van der Waals surface area (Å²) in [7, 11) is -4.09. The van der Waals surface area contributed by atoms with Crippen LogP contribution in [0.5, 0.6) is 0 Å². The molecule has 0 atom stereocenters. The zero-order chi connectivity index (χ0) is 15.4. The number of hydrogen-bond donors (Lipinski definition) is 1. The summed E-state index contributed by atoms with van der Waals surface area (Å²) in [5, 5.41) is 9.00. The van der Waals surface area contributed by atoms with Crippen LogP contribution >= 0.6 is 0 Å². The molecular weight excluding hydrogens is 297 g/mol. The molecule has 5 nitrogen and oxygen atoms in total. The van der Waals surface area contributed by atoms with Crippen molar-refractivity contribution < 1.29 is 26.7 Å². The average Bonchev–Trinajstić information content (AvgIpc) is 2.37. The highest BCUT2D eigenvalue weighted by Crippen LogP contribution is 2.24. The molecule has 0 amide bonds. The molecule has 0 radical (unpaired) electrons. The minimum atomic E-state index is -4.55. The maximum Gasteiger partial charge on any atom is 0.402 e. The van der Waals surface area contributed by atoms with Crippen molar-refractivity contribution in [2.75, 3.05) is 32.8 Å². The summed E-state index contributed by atoms with van der Waals surface area (Å²) in [6.45, 7) is 0.328. The highest BCUT2D eigenvalue weighted by Gasteiger charge is 2.39. The van der Waals surface area contributed by atoms with E-state index in [1.165, 1.54) is 0 Å². The fraction of sp³-hybridized carbons (Fsp3) is 1.00. The summed E-state index contributed by atoms with van der Waals surface area (Å²) < 4.78 is 63.5. The first-order valence-corrected chi connectivity index (χ1v) is 8.03. The van der Waals surface area contributed by atoms with Crippen molar-refractivity contribution in [3.63, 3.8) is 0 Å². The number of rotatable bonds is 6. The van der Waals surface area contributed by atoms with Crippen molar-refractivity contribution in [2.24, 2.45) is 5.92 Å². The first kappa shape index (κ1) is 17.7. The fourth-order valence-corrected chi connectivity index (χ4v) is 3.93. The number of aliphatic hydroxyl groups excluding tert-OH is 1. The molecule has 0 aromatic carbocycles. The Labute approximate surface area is 117 Å². The zero-order valence-corrected chi connectivity index (χ0v) is 12.3. The molecule has 0 bridgehead atoms. The van der Waals surface area contributed by atoms with E-state index in [4.69, 9.17) is 5.11 Å². The Morgan fingerprint density at radius 1 is 1.30 bits per heavy atom. The quantitative estimate of drug-likeness (QED) is 0.801. The zero-order valence-electron chi connectivity index (χ0n) is 11.4. The lowest BCUT2D eigenvalue weighted by atomic mass is 10.00. The monoisotopic (exact) mass is 318 g/mol. The number of halogens is 3. The van der Waals surface area contributed by atoms with Crippen LogP contribution in [0.1, 0.15) is 26.2 Å². The molecule has 0 unspecified atom stereocenters. The third kappa shape index (κ3) is 4.87. The second-order valence-corrected chi connectivity index (χ2v) is 6.91. The molecular formula is C11H21F3N2O3S. The molecule has 1 heterocycles. The third-order valence-electron chi connectivity index (χ3n) is 3.31. The minimum Gasteiger partial charge on any atom is -0.396 e. The lowest BCUT2D eigenvalue weighted by Gasteiger charge is -2.34. The van der Waals surface area contributed by atoms with Crippen molar-refractivity contribution >= 4 is 10.2 Å². The average molecular weight is 318 g/mol. The SMILES string of the molecule is CCCN(CC(F)(F)F)S(=O)(=O)N1CCC(CO)CC1. The van der Waals surface area contributed by atoms with E-state index in [9.17, 15) is 21.6 Å². The normalized spacial score (nSPS) is 19.7. The predicted molar refractivity (Wildman–Crippen MR) is 68.2 cm³/mol. The summed E-state index contributed by atoms with van der Waals surface area (Å²) in [4.78, 5) is 0. The number of piperidine rings is 1. The molecule has 1 aliphatic rings. The van der Waals surface area contributed by atoms with Crippen LogP contribution in [-0.4, -0.2) is 61.1 Å². The molecule has 1 fully saturated rings. The Balaban J connectivity index is 2.78. The molecule has 0 saturated carbocycles. The Bertz CT molecular complexity index is 392. The first-order chi connectivity index (χ1) is 9.20. The molecule has 1 aliphatic heterocycles. The predicted octanol–water partition coefficient (Wildman–Crippen LogP) is 1.21. The van der Waals surface area contributed by atoms with Crippen LogP contribution in [0.25, 0.3) is 0 Å². The van der Waals surface area contributed by atoms with E-state index in [-0.39, 0.29) is 32.2 Å². The van der Waals surface area contributed by atoms with Crippen molar-refractivity contribution in [2.45, 2.75) is 32.4 Å². The van der Waals surface area contributed by atoms with E-state index >= 15 is 0 Å². The lowest BCUT2D eigenvalue weighted by molar-refractivity contribution is -0.136. The van der Waals surface area contributed by atoms with E-state index in [1.807, 2.05) is 0 Å². The Kier molecular flexibility index (Phi) is 6.24. The van der Waals surface area contributed by atoms with Gasteiger partial charge in [0.2, 0.25) is 0 Å². The Morgan fingerprint density at radius 2 is 1.85 bits per heavy atom. The van der Waals surface area contributed by atoms with Crippen molar-refractivity contribution in [1.82, 2.24) is 8.61 Å². The largest absolute Gasteiger partial charge is 0.402 e. The summed E-state index contributed by atoms with van der Waals surface area (Å²) in [6, 6.07) is 0. The van der Waals surface area contributed by atoms with Crippen molar-refractivity contribution in [3.8, 4) is 0 Å². The Hall–Kier alpha value is -0.380. The molecule has 0 aromatic heterocycles. The van der Waals surface area contributed by atoms with E-state index < -0.39 is 22.9 Å². The molecule has 0 aliphatic carbocycles. The minimum absolute atomic E-state index is 0.0187. The fourth-order valence-electron chi connectivity index (χ4n) is 2.21. The summed E-state index contributed by atoms with van der Waals surface area (Å²) >= 11 is 0. The van der Waals surface area contributed by atoms with Gasteiger partial charge in [0.15, 0.2) is 0 Å². The molecule has 0 aromatic rings. The molecule has 1 rings (SSSR count). The van der Waals surface area contributed by atoms with Gasteiger partial charge in [-0.05, 0) is 25.2 Å². The summed E-state index contributed by atoms with van der Waals surface area (Å²) in [5.74, 6) is 0.0312. The molecule has 9 heteroatoms. The van der Waals surface area contributed by atoms with Gasteiger partial charge < -0.3 is 5.11 Å². The first-order valence-electron chi connectivity index (χ1n) is 6.63. The molecule has 0 spiro atoms. The highest BCUT2D eigenvalue weighted by molar-refractivity contribution is 7.86. The summed E-state index contributed by atoms with van der Waals surface area (Å²) in [5.41, 5.74) is 0. The smallest absolute Gasteiger partial charge is 0.396 e. The van der Waals surface area contributed by atoms with Crippen LogP contribution in [0.15, 0.2) is 0 Å². The van der Waals surface area contributed by atoms with Crippen molar-refractivity contribution in [1.29, 1.82) is 0 Å². The summed E-state index contributed by atoms with van der Waals surface area (Å²) in [6.07, 6.45) is -3.28. The van der Waals surface area contributed by atoms with Gasteiger partial charge >= 0.3 is 6.18 Å². The highest BCUT2D eigenvalue weighted by atomic mass is 32.2. The van der Waals surface area contributed by atoms with E-state index in [0.717, 1.165) is 4.31 Å². The van der Waals surface area contributed by atoms with Crippen LogP contribution in [0, 0.1) is 5.92 Å². The van der Waals surface area contributed by atoms with Gasteiger partial charge in [0.1, 0.15) is 6.54 Å². The van der Waals surface area contributed by atoms with Crippen LogP contribution in [-0.2, 0) is 10.2 Å². The molecule has 20 heavy (non-hydrogen) atoms. The van der Waals surface area contributed by atoms with Crippen molar-refractivity contribution in [3.05, 3.63) is 0 Å². The third-order valence-corrected chi connectivity index (χ3v) is 5.29. The van der Waals surface area contributed by atoms with Gasteiger partial charge in [0.05, 0.1) is 0 Å². The molecule has 120 valence electrons. The van der Waals surface area contributed by atoms with Crippen LogP contribution in [0.2, 0.25) is 0 Å². The van der Waals surface area contributed by atoms with Gasteiger partial charge in [0, 0.05) is 26.2 Å². The van der Waals surface area contributed by atoms with Gasteiger partial charge in [-0.2, -0.15) is 30.2 Å². The topological polar surface area (TPSA) is 60.9 Å². The lowest BCUT2D eigenvalue weighted by Crippen LogP contribution is -2.50. The number of nitrogens with zero attached hydrogens (tertiary/aromatic N) is 2. The maximum absolute atomic E-state index is 12.5. The molecule has 1 saturated heterocycles. The second kappa shape index (κ2) is 7.06. The second-order valence-electron chi connectivity index (χ2n) is 4.98. The number of hydrogen-bond acceptors (Lipinski definition) is 3. The molecule has 1 N–H and O–H groups in total. The van der Waals surface area contributed by atoms with Crippen LogP contribution < -0.4 is 0 Å². The Morgan fingerprint density at radius 3 is 2.25 bits per heavy atom. The van der Waals surface area contributed by atoms with E-state index in [0.29, 0.717) is 23.6 Å². The standard InChI is InChI=1S/C11H21F3N2O3S/c1-2-5-16(9-11(12,13)14)20(18,19)15-6-3-10(8-17)4-7-15/h10,17H,2-9H2,1H3. The van der Waals surface area contributed by atoms with Crippen LogP contribution in [0.4, 0.5) is 13.2 Å². The maximum atomic E-state index is 12.5. The van der Waals surface area contributed by atoms with Gasteiger partial charge in [-0.25, -0.2) is 0 Å². The van der Waals surface area contributed by atoms with Gasteiger partial charge in [0.25, 0.3) is 10.2 Å². The van der Waals surface area contributed by atoms with Gasteiger partial charge in [-0.3, -0.25) is 0 Å². The van der Waals surface area contributed by atoms with Gasteiger partial charge in [-0.1, -0.05) is 6.92 Å².